The van der Waals surface area contributed by atoms with E-state index >= 15 is 0 Å². The second-order valence-electron chi connectivity index (χ2n) is 2.68. The van der Waals surface area contributed by atoms with Crippen molar-refractivity contribution < 1.29 is 0 Å². The first-order valence-corrected chi connectivity index (χ1v) is 3.34. The first-order valence-electron chi connectivity index (χ1n) is 3.34. The SMILES string of the molecule is CC(C)C1C=NNC(=N)N1. The van der Waals surface area contributed by atoms with Gasteiger partial charge in [-0.2, -0.15) is 5.10 Å². The second kappa shape index (κ2) is 2.68. The Morgan fingerprint density at radius 2 is 2.40 bits per heavy atom. The van der Waals surface area contributed by atoms with Crippen molar-refractivity contribution in [3.63, 3.8) is 0 Å². The molecule has 4 heteroatoms. The van der Waals surface area contributed by atoms with E-state index in [1.165, 1.54) is 0 Å². The highest BCUT2D eigenvalue weighted by atomic mass is 15.4. The molecule has 4 nitrogen and oxygen atoms in total. The highest BCUT2D eigenvalue weighted by Gasteiger charge is 2.14. The number of guanidine groups is 1. The van der Waals surface area contributed by atoms with Gasteiger partial charge in [0, 0.05) is 6.21 Å². The summed E-state index contributed by atoms with van der Waals surface area (Å²) >= 11 is 0. The van der Waals surface area contributed by atoms with Gasteiger partial charge >= 0.3 is 0 Å². The van der Waals surface area contributed by atoms with Crippen LogP contribution in [0.4, 0.5) is 0 Å². The number of hydrogen-bond donors (Lipinski definition) is 3. The minimum Gasteiger partial charge on any atom is -0.347 e. The topological polar surface area (TPSA) is 60.3 Å². The molecule has 1 heterocycles. The third-order valence-corrected chi connectivity index (χ3v) is 1.44. The Morgan fingerprint density at radius 1 is 1.70 bits per heavy atom. The normalized spacial score (nSPS) is 24.3. The largest absolute Gasteiger partial charge is 0.347 e. The van der Waals surface area contributed by atoms with Crippen LogP contribution in [0.15, 0.2) is 5.10 Å². The fraction of sp³-hybridized carbons (Fsp3) is 0.667. The monoisotopic (exact) mass is 140 g/mol. The molecule has 0 radical (unpaired) electrons. The van der Waals surface area contributed by atoms with E-state index in [1.54, 1.807) is 6.21 Å². The minimum atomic E-state index is 0.203. The van der Waals surface area contributed by atoms with Crippen LogP contribution in [-0.4, -0.2) is 18.2 Å². The van der Waals surface area contributed by atoms with Gasteiger partial charge in [0.05, 0.1) is 6.04 Å². The summed E-state index contributed by atoms with van der Waals surface area (Å²) in [5.74, 6) is 0.757. The minimum absolute atomic E-state index is 0.203. The summed E-state index contributed by atoms with van der Waals surface area (Å²) in [5.41, 5.74) is 2.51. The molecule has 1 atom stereocenters. The standard InChI is InChI=1S/C6H12N4/c1-4(2)5-3-8-10-6(7)9-5/h3-5H,1-2H3,(H3,7,9,10). The van der Waals surface area contributed by atoms with Crippen molar-refractivity contribution in [1.82, 2.24) is 10.7 Å². The van der Waals surface area contributed by atoms with Crippen molar-refractivity contribution in [3.8, 4) is 0 Å². The summed E-state index contributed by atoms with van der Waals surface area (Å²) < 4.78 is 0. The third-order valence-electron chi connectivity index (χ3n) is 1.44. The second-order valence-corrected chi connectivity index (χ2v) is 2.68. The van der Waals surface area contributed by atoms with Crippen LogP contribution in [0.5, 0.6) is 0 Å². The van der Waals surface area contributed by atoms with Crippen LogP contribution in [0.25, 0.3) is 0 Å². The molecule has 0 aromatic rings. The number of nitrogens with zero attached hydrogens (tertiary/aromatic N) is 1. The number of hydrazone groups is 1. The Bertz CT molecular complexity index is 161. The van der Waals surface area contributed by atoms with Crippen LogP contribution in [0.1, 0.15) is 13.8 Å². The third kappa shape index (κ3) is 1.46. The lowest BCUT2D eigenvalue weighted by Gasteiger charge is -2.22. The van der Waals surface area contributed by atoms with E-state index in [4.69, 9.17) is 5.41 Å². The molecule has 1 unspecified atom stereocenters. The quantitative estimate of drug-likeness (QED) is 0.484. The maximum atomic E-state index is 7.18. The number of rotatable bonds is 1. The van der Waals surface area contributed by atoms with Crippen LogP contribution in [-0.2, 0) is 0 Å². The Hall–Kier alpha value is -1.06. The molecule has 10 heavy (non-hydrogen) atoms. The van der Waals surface area contributed by atoms with Gasteiger partial charge in [0.1, 0.15) is 0 Å². The molecule has 1 rings (SSSR count). The molecule has 0 spiro atoms. The van der Waals surface area contributed by atoms with E-state index in [-0.39, 0.29) is 12.0 Å². The van der Waals surface area contributed by atoms with Crippen molar-refractivity contribution in [2.24, 2.45) is 11.0 Å². The van der Waals surface area contributed by atoms with Gasteiger partial charge in [-0.3, -0.25) is 5.41 Å². The van der Waals surface area contributed by atoms with Crippen molar-refractivity contribution in [2.75, 3.05) is 0 Å². The molecule has 0 saturated carbocycles. The van der Waals surface area contributed by atoms with E-state index in [2.05, 4.69) is 29.7 Å². The predicted molar refractivity (Wildman–Crippen MR) is 41.1 cm³/mol. The summed E-state index contributed by atoms with van der Waals surface area (Å²) in [6, 6.07) is 0.203. The summed E-state index contributed by atoms with van der Waals surface area (Å²) in [6.07, 6.45) is 1.78. The van der Waals surface area contributed by atoms with Gasteiger partial charge in [0.15, 0.2) is 0 Å². The van der Waals surface area contributed by atoms with E-state index < -0.39 is 0 Å². The van der Waals surface area contributed by atoms with Crippen LogP contribution in [0, 0.1) is 11.3 Å². The lowest BCUT2D eigenvalue weighted by Crippen LogP contribution is -2.48. The highest BCUT2D eigenvalue weighted by molar-refractivity contribution is 5.84. The summed E-state index contributed by atoms with van der Waals surface area (Å²) in [6.45, 7) is 4.17. The molecule has 0 fully saturated rings. The van der Waals surface area contributed by atoms with Crippen LogP contribution in [0.3, 0.4) is 0 Å². The van der Waals surface area contributed by atoms with Gasteiger partial charge in [-0.15, -0.1) is 0 Å². The molecule has 1 aliphatic heterocycles. The zero-order valence-corrected chi connectivity index (χ0v) is 6.18. The van der Waals surface area contributed by atoms with Gasteiger partial charge in [0.25, 0.3) is 0 Å². The van der Waals surface area contributed by atoms with Crippen LogP contribution in [0.2, 0.25) is 0 Å². The Morgan fingerprint density at radius 3 is 2.80 bits per heavy atom. The predicted octanol–water partition coefficient (Wildman–Crippen LogP) is 0.124. The fourth-order valence-corrected chi connectivity index (χ4v) is 0.757. The van der Waals surface area contributed by atoms with Crippen LogP contribution >= 0.6 is 0 Å². The molecular formula is C6H12N4. The van der Waals surface area contributed by atoms with Gasteiger partial charge in [-0.1, -0.05) is 13.8 Å². The van der Waals surface area contributed by atoms with Crippen LogP contribution < -0.4 is 10.7 Å². The zero-order valence-electron chi connectivity index (χ0n) is 6.18. The molecule has 0 aliphatic carbocycles. The van der Waals surface area contributed by atoms with Gasteiger partial charge in [-0.25, -0.2) is 5.43 Å². The van der Waals surface area contributed by atoms with Crippen molar-refractivity contribution in [1.29, 1.82) is 5.41 Å². The molecular weight excluding hydrogens is 128 g/mol. The Balaban J connectivity index is 2.55. The molecule has 0 amide bonds. The molecule has 56 valence electrons. The maximum absolute atomic E-state index is 7.18. The summed E-state index contributed by atoms with van der Waals surface area (Å²) in [4.78, 5) is 0. The molecule has 3 N–H and O–H groups in total. The van der Waals surface area contributed by atoms with E-state index in [0.29, 0.717) is 5.92 Å². The average Bonchev–Trinajstić information content (AvgIpc) is 1.88. The fourth-order valence-electron chi connectivity index (χ4n) is 0.757. The zero-order chi connectivity index (χ0) is 7.56. The van der Waals surface area contributed by atoms with Gasteiger partial charge < -0.3 is 5.32 Å². The van der Waals surface area contributed by atoms with Crippen molar-refractivity contribution >= 4 is 12.2 Å². The average molecular weight is 140 g/mol. The van der Waals surface area contributed by atoms with E-state index in [9.17, 15) is 0 Å². The van der Waals surface area contributed by atoms with E-state index in [1.807, 2.05) is 0 Å². The first-order chi connectivity index (χ1) is 4.70. The molecule has 0 aromatic carbocycles. The Kier molecular flexibility index (Phi) is 1.89. The lowest BCUT2D eigenvalue weighted by molar-refractivity contribution is 0.540. The number of nitrogens with one attached hydrogen (secondary N) is 3. The van der Waals surface area contributed by atoms with Gasteiger partial charge in [0.2, 0.25) is 5.96 Å². The smallest absolute Gasteiger partial charge is 0.209 e. The molecule has 0 saturated heterocycles. The first kappa shape index (κ1) is 7.05. The van der Waals surface area contributed by atoms with Crippen molar-refractivity contribution in [3.05, 3.63) is 0 Å². The Labute approximate surface area is 60.2 Å². The molecule has 0 bridgehead atoms. The maximum Gasteiger partial charge on any atom is 0.209 e. The molecule has 1 aliphatic rings. The number of hydrogen-bond acceptors (Lipinski definition) is 2. The summed E-state index contributed by atoms with van der Waals surface area (Å²) in [7, 11) is 0. The van der Waals surface area contributed by atoms with Gasteiger partial charge in [-0.05, 0) is 5.92 Å². The highest BCUT2D eigenvalue weighted by Crippen LogP contribution is 1.99. The van der Waals surface area contributed by atoms with E-state index in [0.717, 1.165) is 0 Å². The lowest BCUT2D eigenvalue weighted by atomic mass is 10.1. The summed E-state index contributed by atoms with van der Waals surface area (Å²) in [5, 5.41) is 13.9. The molecule has 0 aromatic heterocycles. The van der Waals surface area contributed by atoms with Crippen molar-refractivity contribution in [2.45, 2.75) is 19.9 Å².